The van der Waals surface area contributed by atoms with Crippen LogP contribution in [0.5, 0.6) is 0 Å². The summed E-state index contributed by atoms with van der Waals surface area (Å²) in [5, 5.41) is 3.05. The summed E-state index contributed by atoms with van der Waals surface area (Å²) in [7, 11) is -1.74. The second kappa shape index (κ2) is 7.17. The predicted molar refractivity (Wildman–Crippen MR) is 82.1 cm³/mol. The third-order valence-corrected chi connectivity index (χ3v) is 5.77. The van der Waals surface area contributed by atoms with Crippen LogP contribution in [0.2, 0.25) is 0 Å². The first-order valence-corrected chi connectivity index (χ1v) is 8.28. The van der Waals surface area contributed by atoms with Crippen molar-refractivity contribution in [2.24, 2.45) is 5.92 Å². The molecular formula is C12H17BrClFN2O2S. The van der Waals surface area contributed by atoms with Crippen LogP contribution < -0.4 is 5.32 Å². The molecule has 1 N–H and O–H groups in total. The van der Waals surface area contributed by atoms with Crippen LogP contribution in [0.4, 0.5) is 4.39 Å². The molecule has 1 saturated heterocycles. The summed E-state index contributed by atoms with van der Waals surface area (Å²) in [6.45, 7) is 1.77. The van der Waals surface area contributed by atoms with Crippen LogP contribution in [0, 0.1) is 11.7 Å². The molecule has 0 aromatic heterocycles. The summed E-state index contributed by atoms with van der Waals surface area (Å²) in [5.74, 6) is -0.243. The number of hydrogen-bond acceptors (Lipinski definition) is 3. The van der Waals surface area contributed by atoms with Crippen molar-refractivity contribution in [3.05, 3.63) is 28.5 Å². The first kappa shape index (κ1) is 17.8. The molecule has 0 spiro atoms. The van der Waals surface area contributed by atoms with Crippen LogP contribution in [-0.4, -0.2) is 39.4 Å². The van der Waals surface area contributed by atoms with Crippen molar-refractivity contribution in [1.82, 2.24) is 9.62 Å². The van der Waals surface area contributed by atoms with E-state index in [1.54, 1.807) is 0 Å². The summed E-state index contributed by atoms with van der Waals surface area (Å²) in [6.07, 6.45) is 0.832. The fraction of sp³-hybridized carbons (Fsp3) is 0.500. The van der Waals surface area contributed by atoms with Crippen LogP contribution in [-0.2, 0) is 10.0 Å². The highest BCUT2D eigenvalue weighted by molar-refractivity contribution is 9.10. The van der Waals surface area contributed by atoms with Gasteiger partial charge in [-0.1, -0.05) is 0 Å². The van der Waals surface area contributed by atoms with Gasteiger partial charge >= 0.3 is 0 Å². The summed E-state index contributed by atoms with van der Waals surface area (Å²) < 4.78 is 39.9. The Morgan fingerprint density at radius 2 is 2.20 bits per heavy atom. The normalized spacial score (nSPS) is 19.9. The van der Waals surface area contributed by atoms with Crippen LogP contribution in [0.15, 0.2) is 27.6 Å². The summed E-state index contributed by atoms with van der Waals surface area (Å²) in [6, 6.07) is 3.90. The Bertz CT molecular complexity index is 571. The molecule has 0 bridgehead atoms. The molecular weight excluding hydrogens is 371 g/mol. The minimum Gasteiger partial charge on any atom is -0.319 e. The average Bonchev–Trinajstić information content (AvgIpc) is 2.82. The highest BCUT2D eigenvalue weighted by Crippen LogP contribution is 2.26. The molecule has 0 saturated carbocycles. The molecule has 1 aliphatic rings. The number of sulfonamides is 1. The highest BCUT2D eigenvalue weighted by Gasteiger charge is 2.32. The first-order valence-electron chi connectivity index (χ1n) is 6.05. The topological polar surface area (TPSA) is 49.4 Å². The van der Waals surface area contributed by atoms with E-state index in [9.17, 15) is 12.8 Å². The fourth-order valence-corrected chi connectivity index (χ4v) is 4.05. The first-order chi connectivity index (χ1) is 8.95. The van der Waals surface area contributed by atoms with Gasteiger partial charge in [-0.3, -0.25) is 0 Å². The van der Waals surface area contributed by atoms with E-state index in [2.05, 4.69) is 21.2 Å². The van der Waals surface area contributed by atoms with E-state index in [1.807, 2.05) is 7.05 Å². The van der Waals surface area contributed by atoms with E-state index in [4.69, 9.17) is 0 Å². The summed E-state index contributed by atoms with van der Waals surface area (Å²) in [4.78, 5) is 0.0123. The molecule has 1 heterocycles. The Kier molecular flexibility index (Phi) is 6.40. The Morgan fingerprint density at radius 3 is 2.80 bits per heavy atom. The number of nitrogens with zero attached hydrogens (tertiary/aromatic N) is 1. The van der Waals surface area contributed by atoms with Gasteiger partial charge in [-0.05, 0) is 60.1 Å². The highest BCUT2D eigenvalue weighted by atomic mass is 79.9. The quantitative estimate of drug-likeness (QED) is 0.862. The Labute approximate surface area is 133 Å². The summed E-state index contributed by atoms with van der Waals surface area (Å²) in [5.41, 5.74) is 0. The zero-order valence-corrected chi connectivity index (χ0v) is 14.2. The van der Waals surface area contributed by atoms with Crippen molar-refractivity contribution in [3.8, 4) is 0 Å². The molecule has 1 atom stereocenters. The SMILES string of the molecule is CNCC1CCN(S(=O)(=O)c2ccc(Br)c(F)c2)C1.Cl. The largest absolute Gasteiger partial charge is 0.319 e. The molecule has 8 heteroatoms. The van der Waals surface area contributed by atoms with Gasteiger partial charge < -0.3 is 5.32 Å². The van der Waals surface area contributed by atoms with Crippen LogP contribution in [0.25, 0.3) is 0 Å². The van der Waals surface area contributed by atoms with E-state index in [-0.39, 0.29) is 21.8 Å². The number of nitrogens with one attached hydrogen (secondary N) is 1. The van der Waals surface area contributed by atoms with Crippen molar-refractivity contribution in [2.75, 3.05) is 26.7 Å². The maximum atomic E-state index is 13.5. The van der Waals surface area contributed by atoms with E-state index in [0.717, 1.165) is 19.0 Å². The number of halogens is 3. The number of benzene rings is 1. The lowest BCUT2D eigenvalue weighted by Gasteiger charge is -2.16. The number of rotatable bonds is 4. The van der Waals surface area contributed by atoms with Gasteiger partial charge in [0.1, 0.15) is 5.82 Å². The van der Waals surface area contributed by atoms with Gasteiger partial charge in [-0.25, -0.2) is 12.8 Å². The van der Waals surface area contributed by atoms with Crippen molar-refractivity contribution in [2.45, 2.75) is 11.3 Å². The van der Waals surface area contributed by atoms with E-state index < -0.39 is 15.8 Å². The van der Waals surface area contributed by atoms with Gasteiger partial charge in [-0.2, -0.15) is 4.31 Å². The minimum absolute atomic E-state index is 0. The van der Waals surface area contributed by atoms with Gasteiger partial charge in [0.15, 0.2) is 0 Å². The zero-order valence-electron chi connectivity index (χ0n) is 11.0. The second-order valence-corrected chi connectivity index (χ2v) is 7.44. The molecule has 20 heavy (non-hydrogen) atoms. The van der Waals surface area contributed by atoms with Crippen molar-refractivity contribution < 1.29 is 12.8 Å². The Morgan fingerprint density at radius 1 is 1.50 bits per heavy atom. The molecule has 4 nitrogen and oxygen atoms in total. The Hall–Kier alpha value is -0.210. The van der Waals surface area contributed by atoms with Crippen LogP contribution in [0.1, 0.15) is 6.42 Å². The van der Waals surface area contributed by atoms with E-state index in [0.29, 0.717) is 19.0 Å². The lowest BCUT2D eigenvalue weighted by molar-refractivity contribution is 0.450. The lowest BCUT2D eigenvalue weighted by atomic mass is 10.1. The van der Waals surface area contributed by atoms with Gasteiger partial charge in [0.25, 0.3) is 0 Å². The predicted octanol–water partition coefficient (Wildman–Crippen LogP) is 2.24. The van der Waals surface area contributed by atoms with Gasteiger partial charge in [0.2, 0.25) is 10.0 Å². The van der Waals surface area contributed by atoms with Gasteiger partial charge in [0.05, 0.1) is 9.37 Å². The third-order valence-electron chi connectivity index (χ3n) is 3.27. The van der Waals surface area contributed by atoms with Crippen molar-refractivity contribution in [3.63, 3.8) is 0 Å². The van der Waals surface area contributed by atoms with E-state index in [1.165, 1.54) is 16.4 Å². The molecule has 0 amide bonds. The lowest BCUT2D eigenvalue weighted by Crippen LogP contribution is -2.30. The molecule has 1 fully saturated rings. The van der Waals surface area contributed by atoms with Crippen LogP contribution >= 0.6 is 28.3 Å². The second-order valence-electron chi connectivity index (χ2n) is 4.65. The molecule has 1 aromatic rings. The van der Waals surface area contributed by atoms with Crippen LogP contribution in [0.3, 0.4) is 0 Å². The molecule has 2 rings (SSSR count). The van der Waals surface area contributed by atoms with Gasteiger partial charge in [0, 0.05) is 13.1 Å². The van der Waals surface area contributed by atoms with E-state index >= 15 is 0 Å². The molecule has 1 aromatic carbocycles. The zero-order chi connectivity index (χ0) is 14.0. The molecule has 0 radical (unpaired) electrons. The number of hydrogen-bond donors (Lipinski definition) is 1. The summed E-state index contributed by atoms with van der Waals surface area (Å²) >= 11 is 3.02. The fourth-order valence-electron chi connectivity index (χ4n) is 2.26. The minimum atomic E-state index is -3.58. The molecule has 0 aliphatic carbocycles. The maximum Gasteiger partial charge on any atom is 0.243 e. The molecule has 1 unspecified atom stereocenters. The maximum absolute atomic E-state index is 13.5. The van der Waals surface area contributed by atoms with Crippen molar-refractivity contribution >= 4 is 38.4 Å². The Balaban J connectivity index is 0.00000200. The van der Waals surface area contributed by atoms with Crippen molar-refractivity contribution in [1.29, 1.82) is 0 Å². The third kappa shape index (κ3) is 3.71. The monoisotopic (exact) mass is 386 g/mol. The van der Waals surface area contributed by atoms with Gasteiger partial charge in [-0.15, -0.1) is 12.4 Å². The standard InChI is InChI=1S/C12H16BrFN2O2S.ClH/c1-15-7-9-4-5-16(8-9)19(17,18)10-2-3-11(13)12(14)6-10;/h2-3,6,9,15H,4-5,7-8H2,1H3;1H. The average molecular weight is 388 g/mol. The molecule has 114 valence electrons. The smallest absolute Gasteiger partial charge is 0.243 e. The molecule has 1 aliphatic heterocycles.